The molecule has 0 saturated carbocycles. The molecule has 0 spiro atoms. The van der Waals surface area contributed by atoms with Crippen molar-refractivity contribution in [2.45, 2.75) is 30.4 Å². The standard InChI is InChI=1S/C13H21N3O3S/c1-9-10(7-8-19-9)15-11-5-4-6-12(13(11)14)20(17,18)16(2)3/h4-6,9-10,15H,7-8,14H2,1-3H3. The molecule has 0 radical (unpaired) electrons. The Hall–Kier alpha value is -1.31. The number of nitrogen functional groups attached to an aromatic ring is 1. The van der Waals surface area contributed by atoms with Crippen molar-refractivity contribution in [1.29, 1.82) is 0 Å². The Morgan fingerprint density at radius 3 is 2.65 bits per heavy atom. The van der Waals surface area contributed by atoms with Crippen molar-refractivity contribution in [2.75, 3.05) is 31.8 Å². The number of hydrogen-bond donors (Lipinski definition) is 2. The first-order chi connectivity index (χ1) is 9.34. The average molecular weight is 299 g/mol. The van der Waals surface area contributed by atoms with Crippen LogP contribution in [0.3, 0.4) is 0 Å². The normalized spacial score (nSPS) is 23.2. The molecular weight excluding hydrogens is 278 g/mol. The highest BCUT2D eigenvalue weighted by atomic mass is 32.2. The van der Waals surface area contributed by atoms with E-state index in [4.69, 9.17) is 10.5 Å². The van der Waals surface area contributed by atoms with E-state index in [9.17, 15) is 8.42 Å². The summed E-state index contributed by atoms with van der Waals surface area (Å²) in [5.74, 6) is 0. The van der Waals surface area contributed by atoms with Crippen LogP contribution in [0.2, 0.25) is 0 Å². The molecule has 3 N–H and O–H groups in total. The molecule has 1 aliphatic rings. The van der Waals surface area contributed by atoms with E-state index in [2.05, 4.69) is 5.32 Å². The second kappa shape index (κ2) is 5.59. The van der Waals surface area contributed by atoms with Crippen molar-refractivity contribution in [3.63, 3.8) is 0 Å². The second-order valence-electron chi connectivity index (χ2n) is 5.12. The zero-order valence-electron chi connectivity index (χ0n) is 12.0. The summed E-state index contributed by atoms with van der Waals surface area (Å²) in [5.41, 5.74) is 6.91. The SMILES string of the molecule is CC1OCCC1Nc1cccc(S(=O)(=O)N(C)C)c1N. The number of para-hydroxylation sites is 1. The van der Waals surface area contributed by atoms with Gasteiger partial charge in [0.2, 0.25) is 10.0 Å². The Balaban J connectivity index is 2.33. The smallest absolute Gasteiger partial charge is 0.244 e. The van der Waals surface area contributed by atoms with Crippen LogP contribution in [0.25, 0.3) is 0 Å². The Bertz CT molecular complexity index is 587. The van der Waals surface area contributed by atoms with Gasteiger partial charge in [-0.3, -0.25) is 0 Å². The third kappa shape index (κ3) is 2.74. The van der Waals surface area contributed by atoms with Crippen LogP contribution >= 0.6 is 0 Å². The molecular formula is C13H21N3O3S. The first kappa shape index (κ1) is 15.1. The molecule has 2 atom stereocenters. The molecule has 1 aromatic carbocycles. The molecule has 2 unspecified atom stereocenters. The largest absolute Gasteiger partial charge is 0.396 e. The van der Waals surface area contributed by atoms with Crippen LogP contribution in [0.1, 0.15) is 13.3 Å². The molecule has 2 rings (SSSR count). The summed E-state index contributed by atoms with van der Waals surface area (Å²) >= 11 is 0. The van der Waals surface area contributed by atoms with Gasteiger partial charge in [-0.25, -0.2) is 12.7 Å². The van der Waals surface area contributed by atoms with Gasteiger partial charge in [0.25, 0.3) is 0 Å². The van der Waals surface area contributed by atoms with Crippen LogP contribution in [-0.2, 0) is 14.8 Å². The number of anilines is 2. The lowest BCUT2D eigenvalue weighted by molar-refractivity contribution is 0.121. The molecule has 112 valence electrons. The van der Waals surface area contributed by atoms with Crippen molar-refractivity contribution >= 4 is 21.4 Å². The number of hydrogen-bond acceptors (Lipinski definition) is 5. The molecule has 0 aliphatic carbocycles. The lowest BCUT2D eigenvalue weighted by atomic mass is 10.1. The highest BCUT2D eigenvalue weighted by Crippen LogP contribution is 2.30. The van der Waals surface area contributed by atoms with Crippen molar-refractivity contribution in [1.82, 2.24) is 4.31 Å². The van der Waals surface area contributed by atoms with E-state index in [0.29, 0.717) is 12.3 Å². The fraction of sp³-hybridized carbons (Fsp3) is 0.538. The number of benzene rings is 1. The van der Waals surface area contributed by atoms with E-state index in [1.165, 1.54) is 20.2 Å². The number of nitrogens with two attached hydrogens (primary N) is 1. The van der Waals surface area contributed by atoms with E-state index >= 15 is 0 Å². The van der Waals surface area contributed by atoms with Crippen LogP contribution in [0.5, 0.6) is 0 Å². The number of sulfonamides is 1. The van der Waals surface area contributed by atoms with Crippen molar-refractivity contribution < 1.29 is 13.2 Å². The maximum absolute atomic E-state index is 12.2. The van der Waals surface area contributed by atoms with Crippen LogP contribution in [0.4, 0.5) is 11.4 Å². The van der Waals surface area contributed by atoms with Gasteiger partial charge in [-0.05, 0) is 25.5 Å². The predicted molar refractivity (Wildman–Crippen MR) is 79.2 cm³/mol. The summed E-state index contributed by atoms with van der Waals surface area (Å²) in [6.07, 6.45) is 0.967. The van der Waals surface area contributed by atoms with E-state index < -0.39 is 10.0 Å². The van der Waals surface area contributed by atoms with Gasteiger partial charge in [0.1, 0.15) is 4.90 Å². The topological polar surface area (TPSA) is 84.7 Å². The fourth-order valence-corrected chi connectivity index (χ4v) is 3.24. The highest BCUT2D eigenvalue weighted by molar-refractivity contribution is 7.89. The van der Waals surface area contributed by atoms with E-state index in [0.717, 1.165) is 10.7 Å². The predicted octanol–water partition coefficient (Wildman–Crippen LogP) is 1.11. The van der Waals surface area contributed by atoms with Gasteiger partial charge in [-0.1, -0.05) is 6.07 Å². The van der Waals surface area contributed by atoms with E-state index in [-0.39, 0.29) is 22.7 Å². The molecule has 6 nitrogen and oxygen atoms in total. The van der Waals surface area contributed by atoms with Crippen molar-refractivity contribution in [3.05, 3.63) is 18.2 Å². The van der Waals surface area contributed by atoms with Gasteiger partial charge in [-0.2, -0.15) is 0 Å². The molecule has 0 amide bonds. The zero-order valence-corrected chi connectivity index (χ0v) is 12.8. The molecule has 1 aliphatic heterocycles. The Morgan fingerprint density at radius 2 is 2.10 bits per heavy atom. The molecule has 7 heteroatoms. The summed E-state index contributed by atoms with van der Waals surface area (Å²) < 4.78 is 31.0. The summed E-state index contributed by atoms with van der Waals surface area (Å²) in [5, 5.41) is 3.28. The summed E-state index contributed by atoms with van der Waals surface area (Å²) in [6.45, 7) is 2.69. The van der Waals surface area contributed by atoms with Gasteiger partial charge >= 0.3 is 0 Å². The van der Waals surface area contributed by atoms with Crippen LogP contribution in [-0.4, -0.2) is 45.6 Å². The van der Waals surface area contributed by atoms with Crippen LogP contribution < -0.4 is 11.1 Å². The Labute approximate surface area is 120 Å². The third-order valence-electron chi connectivity index (χ3n) is 3.54. The zero-order chi connectivity index (χ0) is 14.9. The van der Waals surface area contributed by atoms with Gasteiger partial charge in [-0.15, -0.1) is 0 Å². The maximum Gasteiger partial charge on any atom is 0.244 e. The van der Waals surface area contributed by atoms with Crippen LogP contribution in [0, 0.1) is 0 Å². The number of ether oxygens (including phenoxy) is 1. The number of nitrogens with zero attached hydrogens (tertiary/aromatic N) is 1. The van der Waals surface area contributed by atoms with Crippen LogP contribution in [0.15, 0.2) is 23.1 Å². The summed E-state index contributed by atoms with van der Waals surface area (Å²) in [7, 11) is -0.564. The molecule has 1 aromatic rings. The fourth-order valence-electron chi connectivity index (χ4n) is 2.21. The first-order valence-corrected chi connectivity index (χ1v) is 7.97. The minimum absolute atomic E-state index is 0.0866. The molecule has 1 saturated heterocycles. The van der Waals surface area contributed by atoms with Gasteiger partial charge in [0, 0.05) is 20.7 Å². The molecule has 1 fully saturated rings. The lowest BCUT2D eigenvalue weighted by Crippen LogP contribution is -2.28. The minimum Gasteiger partial charge on any atom is -0.396 e. The third-order valence-corrected chi connectivity index (χ3v) is 5.42. The Morgan fingerprint density at radius 1 is 1.40 bits per heavy atom. The highest BCUT2D eigenvalue weighted by Gasteiger charge is 2.26. The monoisotopic (exact) mass is 299 g/mol. The quantitative estimate of drug-likeness (QED) is 0.814. The summed E-state index contributed by atoms with van der Waals surface area (Å²) in [6, 6.07) is 5.14. The molecule has 1 heterocycles. The van der Waals surface area contributed by atoms with Gasteiger partial charge < -0.3 is 15.8 Å². The maximum atomic E-state index is 12.2. The number of nitrogens with one attached hydrogen (secondary N) is 1. The molecule has 0 aromatic heterocycles. The first-order valence-electron chi connectivity index (χ1n) is 6.53. The lowest BCUT2D eigenvalue weighted by Gasteiger charge is -2.21. The number of rotatable bonds is 4. The molecule has 20 heavy (non-hydrogen) atoms. The Kier molecular flexibility index (Phi) is 4.22. The van der Waals surface area contributed by atoms with Gasteiger partial charge in [0.05, 0.1) is 23.5 Å². The second-order valence-corrected chi connectivity index (χ2v) is 7.24. The summed E-state index contributed by atoms with van der Waals surface area (Å²) in [4.78, 5) is 0.124. The van der Waals surface area contributed by atoms with Crippen molar-refractivity contribution in [2.24, 2.45) is 0 Å². The minimum atomic E-state index is -3.54. The van der Waals surface area contributed by atoms with E-state index in [1.807, 2.05) is 6.92 Å². The average Bonchev–Trinajstić information content (AvgIpc) is 2.77. The van der Waals surface area contributed by atoms with Gasteiger partial charge in [0.15, 0.2) is 0 Å². The van der Waals surface area contributed by atoms with Crippen molar-refractivity contribution in [3.8, 4) is 0 Å². The molecule has 0 bridgehead atoms. The van der Waals surface area contributed by atoms with E-state index in [1.54, 1.807) is 12.1 Å².